The van der Waals surface area contributed by atoms with Gasteiger partial charge in [-0.2, -0.15) is 4.72 Å². The van der Waals surface area contributed by atoms with Crippen LogP contribution in [0.25, 0.3) is 10.2 Å². The summed E-state index contributed by atoms with van der Waals surface area (Å²) in [6.07, 6.45) is 0.892. The smallest absolute Gasteiger partial charge is 0.244 e. The molecule has 35 heavy (non-hydrogen) atoms. The number of methoxy groups -OCH3 is 1. The van der Waals surface area contributed by atoms with Gasteiger partial charge in [0.15, 0.2) is 5.13 Å². The van der Waals surface area contributed by atoms with E-state index in [-0.39, 0.29) is 16.7 Å². The highest BCUT2D eigenvalue weighted by molar-refractivity contribution is 7.89. The molecule has 11 heteroatoms. The second-order valence-corrected chi connectivity index (χ2v) is 11.6. The molecule has 0 fully saturated rings. The number of nitrogens with one attached hydrogen (secondary N) is 2. The van der Waals surface area contributed by atoms with Crippen molar-refractivity contribution in [2.75, 3.05) is 23.9 Å². The number of nitrogens with zero attached hydrogens (tertiary/aromatic N) is 2. The quantitative estimate of drug-likeness (QED) is 0.473. The first-order chi connectivity index (χ1) is 16.6. The fraction of sp³-hybridized carbons (Fsp3) is 0.375. The lowest BCUT2D eigenvalue weighted by atomic mass is 10.0. The molecule has 0 aliphatic carbocycles. The maximum Gasteiger partial charge on any atom is 0.244 e. The fourth-order valence-corrected chi connectivity index (χ4v) is 6.24. The monoisotopic (exact) mass is 516 g/mol. The van der Waals surface area contributed by atoms with E-state index in [0.29, 0.717) is 35.8 Å². The Bertz CT molecular complexity index is 1380. The van der Waals surface area contributed by atoms with Gasteiger partial charge in [-0.1, -0.05) is 25.2 Å². The largest absolute Gasteiger partial charge is 0.497 e. The number of ether oxygens (including phenoxy) is 1. The van der Waals surface area contributed by atoms with Crippen molar-refractivity contribution in [2.45, 2.75) is 44.6 Å². The van der Waals surface area contributed by atoms with Gasteiger partial charge in [-0.15, -0.1) is 0 Å². The van der Waals surface area contributed by atoms with Crippen molar-refractivity contribution in [2.24, 2.45) is 5.92 Å². The van der Waals surface area contributed by atoms with Gasteiger partial charge in [0.2, 0.25) is 21.8 Å². The molecule has 0 radical (unpaired) electrons. The molecule has 186 valence electrons. The minimum atomic E-state index is -3.98. The van der Waals surface area contributed by atoms with E-state index in [4.69, 9.17) is 4.74 Å². The number of sulfonamides is 1. The van der Waals surface area contributed by atoms with Crippen LogP contribution in [0.1, 0.15) is 32.8 Å². The number of hydrogen-bond donors (Lipinski definition) is 2. The highest BCUT2D eigenvalue weighted by atomic mass is 32.2. The normalized spacial score (nSPS) is 14.3. The summed E-state index contributed by atoms with van der Waals surface area (Å²) >= 11 is 1.29. The number of anilines is 2. The molecular formula is C24H28N4O5S2. The predicted octanol–water partition coefficient (Wildman–Crippen LogP) is 3.55. The fourth-order valence-electron chi connectivity index (χ4n) is 4.09. The highest BCUT2D eigenvalue weighted by Gasteiger charge is 2.29. The van der Waals surface area contributed by atoms with Crippen LogP contribution in [-0.2, 0) is 26.0 Å². The topological polar surface area (TPSA) is 118 Å². The molecule has 9 nitrogen and oxygen atoms in total. The zero-order valence-corrected chi connectivity index (χ0v) is 21.6. The maximum absolute atomic E-state index is 13.2. The van der Waals surface area contributed by atoms with E-state index in [9.17, 15) is 18.0 Å². The van der Waals surface area contributed by atoms with Gasteiger partial charge < -0.3 is 15.0 Å². The molecule has 2 amide bonds. The Kier molecular flexibility index (Phi) is 7.11. The van der Waals surface area contributed by atoms with Crippen molar-refractivity contribution in [3.63, 3.8) is 0 Å². The number of hydrogen-bond acceptors (Lipinski definition) is 7. The van der Waals surface area contributed by atoms with E-state index in [1.54, 1.807) is 36.3 Å². The Hall–Kier alpha value is -3.02. The van der Waals surface area contributed by atoms with Crippen molar-refractivity contribution < 1.29 is 22.7 Å². The lowest BCUT2D eigenvalue weighted by Crippen LogP contribution is -2.44. The van der Waals surface area contributed by atoms with Crippen molar-refractivity contribution in [1.29, 1.82) is 0 Å². The summed E-state index contributed by atoms with van der Waals surface area (Å²) < 4.78 is 35.1. The Labute approximate surface area is 208 Å². The number of amides is 2. The van der Waals surface area contributed by atoms with Crippen LogP contribution < -0.4 is 19.7 Å². The minimum absolute atomic E-state index is 0.0651. The molecule has 1 atom stereocenters. The van der Waals surface area contributed by atoms with E-state index < -0.39 is 22.0 Å². The van der Waals surface area contributed by atoms with E-state index in [1.807, 2.05) is 19.9 Å². The van der Waals surface area contributed by atoms with Crippen LogP contribution in [0.4, 0.5) is 10.8 Å². The molecule has 1 unspecified atom stereocenters. The lowest BCUT2D eigenvalue weighted by Gasteiger charge is -2.20. The first kappa shape index (κ1) is 25.1. The van der Waals surface area contributed by atoms with Gasteiger partial charge in [0.1, 0.15) is 11.8 Å². The van der Waals surface area contributed by atoms with Gasteiger partial charge >= 0.3 is 0 Å². The van der Waals surface area contributed by atoms with Crippen molar-refractivity contribution in [3.8, 4) is 5.75 Å². The number of rotatable bonds is 8. The molecule has 2 aromatic carbocycles. The van der Waals surface area contributed by atoms with Crippen molar-refractivity contribution >= 4 is 54.2 Å². The van der Waals surface area contributed by atoms with Crippen molar-refractivity contribution in [1.82, 2.24) is 9.71 Å². The molecule has 2 heterocycles. The second kappa shape index (κ2) is 9.92. The molecular weight excluding hydrogens is 488 g/mol. The van der Waals surface area contributed by atoms with E-state index in [1.165, 1.54) is 24.3 Å². The third-order valence-electron chi connectivity index (χ3n) is 5.78. The highest BCUT2D eigenvalue weighted by Crippen LogP contribution is 2.31. The molecule has 1 aromatic heterocycles. The SMILES string of the molecule is COc1ccc2nc(NC(=O)C(CC(C)C)NS(=O)(=O)c3ccc4c(c3)CCN4C(C)=O)sc2c1. The summed E-state index contributed by atoms with van der Waals surface area (Å²) in [6.45, 7) is 5.85. The number of benzene rings is 2. The molecule has 0 spiro atoms. The van der Waals surface area contributed by atoms with Crippen LogP contribution >= 0.6 is 11.3 Å². The van der Waals surface area contributed by atoms with E-state index in [2.05, 4.69) is 15.0 Å². The van der Waals surface area contributed by atoms with Crippen LogP contribution in [0.5, 0.6) is 5.75 Å². The van der Waals surface area contributed by atoms with Gasteiger partial charge in [-0.25, -0.2) is 13.4 Å². The summed E-state index contributed by atoms with van der Waals surface area (Å²) in [5.41, 5.74) is 2.23. The van der Waals surface area contributed by atoms with Gasteiger partial charge in [0, 0.05) is 19.2 Å². The van der Waals surface area contributed by atoms with Crippen LogP contribution in [0.15, 0.2) is 41.3 Å². The van der Waals surface area contributed by atoms with Gasteiger partial charge in [-0.3, -0.25) is 9.59 Å². The Morgan fingerprint density at radius 2 is 1.97 bits per heavy atom. The summed E-state index contributed by atoms with van der Waals surface area (Å²) in [4.78, 5) is 31.0. The number of thiazole rings is 1. The summed E-state index contributed by atoms with van der Waals surface area (Å²) in [5, 5.41) is 3.15. The van der Waals surface area contributed by atoms with Crippen LogP contribution in [-0.4, -0.2) is 44.9 Å². The Morgan fingerprint density at radius 3 is 2.66 bits per heavy atom. The number of carbonyl (C=O) groups excluding carboxylic acids is 2. The molecule has 2 N–H and O–H groups in total. The average Bonchev–Trinajstić information content (AvgIpc) is 3.40. The molecule has 4 rings (SSSR count). The standard InChI is InChI=1S/C24H28N4O5S2/c1-14(2)11-20(23(30)26-24-25-19-7-5-17(33-4)13-22(19)34-24)27-35(31,32)18-6-8-21-16(12-18)9-10-28(21)15(3)29/h5-8,12-14,20,27H,9-11H2,1-4H3,(H,25,26,30). The summed E-state index contributed by atoms with van der Waals surface area (Å²) in [7, 11) is -2.41. The number of aromatic nitrogens is 1. The van der Waals surface area contributed by atoms with Crippen LogP contribution in [0.3, 0.4) is 0 Å². The second-order valence-electron chi connectivity index (χ2n) is 8.86. The maximum atomic E-state index is 13.2. The zero-order chi connectivity index (χ0) is 25.3. The number of carbonyl (C=O) groups is 2. The molecule has 0 saturated carbocycles. The Morgan fingerprint density at radius 1 is 1.20 bits per heavy atom. The summed E-state index contributed by atoms with van der Waals surface area (Å²) in [6, 6.07) is 9.12. The average molecular weight is 517 g/mol. The first-order valence-electron chi connectivity index (χ1n) is 11.3. The van der Waals surface area contributed by atoms with Gasteiger partial charge in [-0.05, 0) is 60.7 Å². The van der Waals surface area contributed by atoms with E-state index >= 15 is 0 Å². The molecule has 0 bridgehead atoms. The number of fused-ring (bicyclic) bond motifs is 2. The van der Waals surface area contributed by atoms with E-state index in [0.717, 1.165) is 16.0 Å². The Balaban J connectivity index is 1.54. The minimum Gasteiger partial charge on any atom is -0.497 e. The molecule has 1 aliphatic heterocycles. The zero-order valence-electron chi connectivity index (χ0n) is 20.0. The van der Waals surface area contributed by atoms with Gasteiger partial charge in [0.05, 0.1) is 22.2 Å². The van der Waals surface area contributed by atoms with Crippen LogP contribution in [0.2, 0.25) is 0 Å². The third-order valence-corrected chi connectivity index (χ3v) is 8.19. The molecule has 3 aromatic rings. The first-order valence-corrected chi connectivity index (χ1v) is 13.6. The third kappa shape index (κ3) is 5.47. The van der Waals surface area contributed by atoms with Gasteiger partial charge in [0.25, 0.3) is 0 Å². The lowest BCUT2D eigenvalue weighted by molar-refractivity contribution is -0.118. The van der Waals surface area contributed by atoms with Crippen molar-refractivity contribution in [3.05, 3.63) is 42.0 Å². The summed E-state index contributed by atoms with van der Waals surface area (Å²) in [5.74, 6) is 0.194. The van der Waals surface area contributed by atoms with Crippen LogP contribution in [0, 0.1) is 5.92 Å². The predicted molar refractivity (Wildman–Crippen MR) is 137 cm³/mol. The molecule has 0 saturated heterocycles. The molecule has 1 aliphatic rings.